The molecule has 0 spiro atoms. The minimum Gasteiger partial charge on any atom is -0.468 e. The summed E-state index contributed by atoms with van der Waals surface area (Å²) >= 11 is 0. The predicted molar refractivity (Wildman–Crippen MR) is 194 cm³/mol. The molecule has 2 heterocycles. The molecule has 12 nitrogen and oxygen atoms in total. The number of methoxy groups -OCH3 is 2. The van der Waals surface area contributed by atoms with Crippen LogP contribution in [0.4, 0.5) is 4.79 Å². The van der Waals surface area contributed by atoms with Gasteiger partial charge in [0.1, 0.15) is 17.7 Å². The molecule has 0 fully saturated rings. The quantitative estimate of drug-likeness (QED) is 0.192. The van der Waals surface area contributed by atoms with Crippen LogP contribution >= 0.6 is 12.4 Å². The lowest BCUT2D eigenvalue weighted by atomic mass is 10.0. The molecule has 50 heavy (non-hydrogen) atoms. The van der Waals surface area contributed by atoms with E-state index in [2.05, 4.69) is 10.1 Å². The van der Waals surface area contributed by atoms with Gasteiger partial charge in [0.15, 0.2) is 0 Å². The molecule has 0 aliphatic heterocycles. The number of nitrogens with zero attached hydrogens (tertiary/aromatic N) is 2. The Labute approximate surface area is 297 Å². The van der Waals surface area contributed by atoms with Gasteiger partial charge in [-0.25, -0.2) is 9.59 Å². The first-order valence-corrected chi connectivity index (χ1v) is 15.5. The Morgan fingerprint density at radius 2 is 1.14 bits per heavy atom. The van der Waals surface area contributed by atoms with Crippen LogP contribution in [0.2, 0.25) is 0 Å². The number of nitrogens with two attached hydrogens (primary N) is 1. The van der Waals surface area contributed by atoms with Crippen LogP contribution in [0.3, 0.4) is 0 Å². The van der Waals surface area contributed by atoms with Gasteiger partial charge in [-0.1, -0.05) is 48.5 Å². The molecule has 3 N–H and O–H groups in total. The van der Waals surface area contributed by atoms with E-state index in [0.29, 0.717) is 17.5 Å². The molecule has 2 atom stereocenters. The molecular formula is C37H45ClN4O8. The Hall–Kier alpha value is -5.20. The molecule has 4 aromatic rings. The number of carbonyl (C=O) groups excluding carboxylic acids is 3. The fourth-order valence-corrected chi connectivity index (χ4v) is 4.78. The molecule has 268 valence electrons. The number of hydrogen-bond acceptors (Lipinski definition) is 9. The SMILES string of the molecule is COC(=O)C(Cc1ccc(-c2cccn(C)c2=O)cc1)NC(=O)OC(C)(C)C.COC(=O)C(N)Cc1ccc(-c2cccn(C)c2=O)cc1.Cl. The fourth-order valence-electron chi connectivity index (χ4n) is 4.78. The van der Waals surface area contributed by atoms with Crippen molar-refractivity contribution >= 4 is 30.4 Å². The van der Waals surface area contributed by atoms with Gasteiger partial charge in [-0.2, -0.15) is 0 Å². The van der Waals surface area contributed by atoms with E-state index in [1.54, 1.807) is 59.4 Å². The lowest BCUT2D eigenvalue weighted by Gasteiger charge is -2.22. The second kappa shape index (κ2) is 18.5. The third-order valence-electron chi connectivity index (χ3n) is 7.35. The molecule has 0 aliphatic carbocycles. The summed E-state index contributed by atoms with van der Waals surface area (Å²) in [4.78, 5) is 59.6. The number of carbonyl (C=O) groups is 3. The molecule has 2 unspecified atom stereocenters. The van der Waals surface area contributed by atoms with E-state index in [0.717, 1.165) is 22.3 Å². The number of esters is 2. The van der Waals surface area contributed by atoms with E-state index < -0.39 is 35.7 Å². The van der Waals surface area contributed by atoms with Crippen LogP contribution in [-0.4, -0.2) is 59.1 Å². The van der Waals surface area contributed by atoms with Crippen molar-refractivity contribution in [3.8, 4) is 22.3 Å². The van der Waals surface area contributed by atoms with Crippen LogP contribution in [0.15, 0.2) is 94.8 Å². The van der Waals surface area contributed by atoms with Crippen molar-refractivity contribution in [2.75, 3.05) is 14.2 Å². The second-order valence-electron chi connectivity index (χ2n) is 12.3. The van der Waals surface area contributed by atoms with E-state index in [4.69, 9.17) is 15.2 Å². The third kappa shape index (κ3) is 11.7. The first kappa shape index (κ1) is 41.0. The van der Waals surface area contributed by atoms with E-state index in [1.807, 2.05) is 60.7 Å². The number of ether oxygens (including phenoxy) is 3. The zero-order valence-corrected chi connectivity index (χ0v) is 30.1. The molecule has 0 saturated heterocycles. The van der Waals surface area contributed by atoms with Crippen LogP contribution in [0.5, 0.6) is 0 Å². The maximum Gasteiger partial charge on any atom is 0.408 e. The molecule has 2 aromatic carbocycles. The lowest BCUT2D eigenvalue weighted by Crippen LogP contribution is -2.45. The number of aryl methyl sites for hydroxylation is 2. The Morgan fingerprint density at radius 3 is 1.54 bits per heavy atom. The van der Waals surface area contributed by atoms with Crippen molar-refractivity contribution in [1.82, 2.24) is 14.5 Å². The van der Waals surface area contributed by atoms with Gasteiger partial charge in [0.25, 0.3) is 11.1 Å². The summed E-state index contributed by atoms with van der Waals surface area (Å²) in [5.74, 6) is -0.997. The highest BCUT2D eigenvalue weighted by Gasteiger charge is 2.25. The van der Waals surface area contributed by atoms with Crippen LogP contribution in [0.1, 0.15) is 31.9 Å². The number of benzene rings is 2. The number of halogens is 1. The van der Waals surface area contributed by atoms with E-state index in [-0.39, 0.29) is 29.9 Å². The first-order chi connectivity index (χ1) is 23.1. The topological polar surface area (TPSA) is 161 Å². The molecule has 0 aliphatic rings. The average Bonchev–Trinajstić information content (AvgIpc) is 3.06. The predicted octanol–water partition coefficient (Wildman–Crippen LogP) is 4.18. The highest BCUT2D eigenvalue weighted by molar-refractivity contribution is 5.85. The van der Waals surface area contributed by atoms with Gasteiger partial charge in [0.2, 0.25) is 0 Å². The summed E-state index contributed by atoms with van der Waals surface area (Å²) in [5, 5.41) is 2.55. The zero-order chi connectivity index (χ0) is 36.3. The standard InChI is InChI=1S/C21H26N2O5.C16H18N2O3.ClH/c1-21(2,3)28-20(26)22-17(19(25)27-5)13-14-8-10-15(11-9-14)16-7-6-12-23(4)18(16)24;1-18-9-3-4-13(15(18)19)12-7-5-11(6-8-12)10-14(17)16(20)21-2;/h6-12,17H,13H2,1-5H3,(H,22,26);3-9,14H,10,17H2,1-2H3;1H. The minimum absolute atomic E-state index is 0. The Bertz CT molecular complexity index is 1860. The number of amides is 1. The van der Waals surface area contributed by atoms with Crippen molar-refractivity contribution in [1.29, 1.82) is 0 Å². The average molecular weight is 709 g/mol. The normalized spacial score (nSPS) is 11.8. The van der Waals surface area contributed by atoms with Crippen molar-refractivity contribution in [2.45, 2.75) is 51.3 Å². The molecule has 1 amide bonds. The van der Waals surface area contributed by atoms with E-state index in [1.165, 1.54) is 23.4 Å². The van der Waals surface area contributed by atoms with Crippen molar-refractivity contribution in [2.24, 2.45) is 19.8 Å². The summed E-state index contributed by atoms with van der Waals surface area (Å²) in [6.45, 7) is 5.23. The largest absolute Gasteiger partial charge is 0.468 e. The van der Waals surface area contributed by atoms with Gasteiger partial charge in [0.05, 0.1) is 14.2 Å². The third-order valence-corrected chi connectivity index (χ3v) is 7.35. The maximum absolute atomic E-state index is 12.2. The summed E-state index contributed by atoms with van der Waals surface area (Å²) < 4.78 is 17.6. The van der Waals surface area contributed by atoms with Crippen LogP contribution in [-0.2, 0) is 50.7 Å². The molecule has 4 rings (SSSR count). The van der Waals surface area contributed by atoms with Gasteiger partial charge in [0, 0.05) is 44.0 Å². The van der Waals surface area contributed by atoms with Gasteiger partial charge in [-0.15, -0.1) is 12.4 Å². The van der Waals surface area contributed by atoms with Crippen molar-refractivity contribution in [3.05, 3.63) is 117 Å². The monoisotopic (exact) mass is 708 g/mol. The van der Waals surface area contributed by atoms with Gasteiger partial charge in [-0.3, -0.25) is 14.4 Å². The summed E-state index contributed by atoms with van der Waals surface area (Å²) in [6, 6.07) is 20.3. The molecule has 0 saturated carbocycles. The Morgan fingerprint density at radius 1 is 0.720 bits per heavy atom. The van der Waals surface area contributed by atoms with E-state index in [9.17, 15) is 24.0 Å². The fraction of sp³-hybridized carbons (Fsp3) is 0.324. The molecular weight excluding hydrogens is 664 g/mol. The first-order valence-electron chi connectivity index (χ1n) is 15.5. The molecule has 2 aromatic heterocycles. The second-order valence-corrected chi connectivity index (χ2v) is 12.3. The van der Waals surface area contributed by atoms with Gasteiger partial charge >= 0.3 is 18.0 Å². The van der Waals surface area contributed by atoms with Crippen LogP contribution < -0.4 is 22.2 Å². The number of alkyl carbamates (subject to hydrolysis) is 1. The van der Waals surface area contributed by atoms with E-state index >= 15 is 0 Å². The summed E-state index contributed by atoms with van der Waals surface area (Å²) in [5.41, 5.74) is 9.50. The number of aromatic nitrogens is 2. The summed E-state index contributed by atoms with van der Waals surface area (Å²) in [7, 11) is 6.00. The summed E-state index contributed by atoms with van der Waals surface area (Å²) in [6.07, 6.45) is 3.37. The Balaban J connectivity index is 0.000000353. The van der Waals surface area contributed by atoms with Crippen LogP contribution in [0, 0.1) is 0 Å². The number of hydrogen-bond donors (Lipinski definition) is 2. The minimum atomic E-state index is -0.879. The van der Waals surface area contributed by atoms with Crippen molar-refractivity contribution < 1.29 is 28.6 Å². The smallest absolute Gasteiger partial charge is 0.408 e. The van der Waals surface area contributed by atoms with Crippen LogP contribution in [0.25, 0.3) is 22.3 Å². The number of nitrogens with one attached hydrogen (secondary N) is 1. The molecule has 0 radical (unpaired) electrons. The Kier molecular flexibility index (Phi) is 15.2. The molecule has 0 bridgehead atoms. The maximum atomic E-state index is 12.2. The number of rotatable bonds is 9. The lowest BCUT2D eigenvalue weighted by molar-refractivity contribution is -0.143. The van der Waals surface area contributed by atoms with Gasteiger partial charge in [-0.05, 0) is 73.7 Å². The zero-order valence-electron chi connectivity index (χ0n) is 29.3. The van der Waals surface area contributed by atoms with Gasteiger partial charge < -0.3 is 34.4 Å². The highest BCUT2D eigenvalue weighted by atomic mass is 35.5. The number of pyridine rings is 2. The van der Waals surface area contributed by atoms with Crippen molar-refractivity contribution in [3.63, 3.8) is 0 Å². The molecule has 13 heteroatoms. The highest BCUT2D eigenvalue weighted by Crippen LogP contribution is 2.18.